The van der Waals surface area contributed by atoms with Gasteiger partial charge in [-0.05, 0) is 44.8 Å². The van der Waals surface area contributed by atoms with Crippen LogP contribution < -0.4 is 5.32 Å². The van der Waals surface area contributed by atoms with Gasteiger partial charge in [-0.3, -0.25) is 4.68 Å². The number of rotatable bonds is 4. The lowest BCUT2D eigenvalue weighted by Gasteiger charge is -2.37. The third-order valence-corrected chi connectivity index (χ3v) is 6.31. The van der Waals surface area contributed by atoms with E-state index in [1.54, 1.807) is 0 Å². The number of thioether (sulfide) groups is 1. The molecule has 1 N–H and O–H groups in total. The minimum Gasteiger partial charge on any atom is -0.374 e. The van der Waals surface area contributed by atoms with Crippen LogP contribution in [-0.4, -0.2) is 39.5 Å². The van der Waals surface area contributed by atoms with Crippen LogP contribution in [0.2, 0.25) is 0 Å². The molecule has 1 saturated carbocycles. The average molecular weight is 307 g/mol. The molecule has 4 rings (SSSR count). The minimum absolute atomic E-state index is 0.139. The van der Waals surface area contributed by atoms with Crippen LogP contribution in [0, 0.1) is 6.92 Å². The van der Waals surface area contributed by atoms with Crippen LogP contribution in [0.4, 0.5) is 0 Å². The van der Waals surface area contributed by atoms with Crippen LogP contribution in [0.15, 0.2) is 6.20 Å². The van der Waals surface area contributed by atoms with Crippen LogP contribution in [0.25, 0.3) is 0 Å². The maximum Gasteiger partial charge on any atom is 0.0800 e. The highest BCUT2D eigenvalue weighted by Crippen LogP contribution is 2.41. The van der Waals surface area contributed by atoms with Crippen molar-refractivity contribution >= 4 is 11.8 Å². The second kappa shape index (κ2) is 5.60. The highest BCUT2D eigenvalue weighted by atomic mass is 32.2. The highest BCUT2D eigenvalue weighted by molar-refractivity contribution is 7.99. The van der Waals surface area contributed by atoms with Crippen molar-refractivity contribution in [3.05, 3.63) is 17.5 Å². The number of ether oxygens (including phenoxy) is 1. The van der Waals surface area contributed by atoms with E-state index in [4.69, 9.17) is 9.84 Å². The van der Waals surface area contributed by atoms with Gasteiger partial charge in [-0.25, -0.2) is 0 Å². The van der Waals surface area contributed by atoms with Crippen molar-refractivity contribution in [3.63, 3.8) is 0 Å². The lowest BCUT2D eigenvalue weighted by molar-refractivity contribution is -0.0778. The predicted octanol–water partition coefficient (Wildman–Crippen LogP) is 2.67. The van der Waals surface area contributed by atoms with Gasteiger partial charge in [0.25, 0.3) is 0 Å². The number of aryl methyl sites for hydroxylation is 1. The van der Waals surface area contributed by atoms with Gasteiger partial charge in [-0.1, -0.05) is 0 Å². The second-order valence-corrected chi connectivity index (χ2v) is 7.96. The Balaban J connectivity index is 1.46. The molecule has 3 heterocycles. The van der Waals surface area contributed by atoms with Crippen molar-refractivity contribution in [2.45, 2.75) is 63.3 Å². The van der Waals surface area contributed by atoms with Gasteiger partial charge in [-0.2, -0.15) is 16.9 Å². The molecule has 0 bridgehead atoms. The molecule has 2 aliphatic heterocycles. The maximum absolute atomic E-state index is 6.13. The highest BCUT2D eigenvalue weighted by Gasteiger charge is 2.41. The molecule has 0 radical (unpaired) electrons. The molecule has 2 unspecified atom stereocenters. The largest absolute Gasteiger partial charge is 0.374 e. The Hall–Kier alpha value is -0.520. The van der Waals surface area contributed by atoms with Crippen LogP contribution in [0.1, 0.15) is 49.4 Å². The summed E-state index contributed by atoms with van der Waals surface area (Å²) in [5.41, 5.74) is 2.69. The van der Waals surface area contributed by atoms with Crippen molar-refractivity contribution in [1.82, 2.24) is 15.1 Å². The Labute approximate surface area is 131 Å². The molecule has 0 amide bonds. The van der Waals surface area contributed by atoms with Crippen molar-refractivity contribution in [1.29, 1.82) is 0 Å². The zero-order chi connectivity index (χ0) is 14.3. The van der Waals surface area contributed by atoms with E-state index in [-0.39, 0.29) is 5.60 Å². The average Bonchev–Trinajstić information content (AvgIpc) is 3.10. The van der Waals surface area contributed by atoms with Crippen molar-refractivity contribution in [2.24, 2.45) is 0 Å². The Morgan fingerprint density at radius 2 is 2.38 bits per heavy atom. The smallest absolute Gasteiger partial charge is 0.0800 e. The maximum atomic E-state index is 6.13. The molecule has 116 valence electrons. The van der Waals surface area contributed by atoms with E-state index in [0.29, 0.717) is 6.04 Å². The molecular weight excluding hydrogens is 282 g/mol. The van der Waals surface area contributed by atoms with Crippen LogP contribution in [0.3, 0.4) is 0 Å². The standard InChI is InChI=1S/C16H25N3OS/c1-12-13(9-17-14-2-3-14)10-19(18-12)15-4-6-20-16(8-15)5-7-21-11-16/h10,14-15,17H,2-9,11H2,1H3. The Morgan fingerprint density at radius 3 is 3.14 bits per heavy atom. The van der Waals surface area contributed by atoms with E-state index in [1.807, 2.05) is 11.8 Å². The molecule has 1 aromatic rings. The first-order valence-electron chi connectivity index (χ1n) is 8.24. The lowest BCUT2D eigenvalue weighted by Crippen LogP contribution is -2.40. The van der Waals surface area contributed by atoms with Gasteiger partial charge in [0, 0.05) is 36.7 Å². The molecule has 0 aromatic carbocycles. The first-order chi connectivity index (χ1) is 10.2. The summed E-state index contributed by atoms with van der Waals surface area (Å²) < 4.78 is 8.36. The first kappa shape index (κ1) is 14.1. The molecule has 1 aliphatic carbocycles. The van der Waals surface area contributed by atoms with Gasteiger partial charge in [0.2, 0.25) is 0 Å². The Bertz CT molecular complexity index is 506. The van der Waals surface area contributed by atoms with Gasteiger partial charge in [0.15, 0.2) is 0 Å². The van der Waals surface area contributed by atoms with Gasteiger partial charge in [0.1, 0.15) is 0 Å². The van der Waals surface area contributed by atoms with Crippen molar-refractivity contribution in [2.75, 3.05) is 18.1 Å². The van der Waals surface area contributed by atoms with E-state index in [1.165, 1.54) is 42.0 Å². The zero-order valence-electron chi connectivity index (χ0n) is 12.8. The monoisotopic (exact) mass is 307 g/mol. The summed E-state index contributed by atoms with van der Waals surface area (Å²) in [7, 11) is 0. The van der Waals surface area contributed by atoms with Gasteiger partial charge in [0.05, 0.1) is 17.3 Å². The van der Waals surface area contributed by atoms with Crippen molar-refractivity contribution in [3.8, 4) is 0 Å². The molecule has 5 heteroatoms. The lowest BCUT2D eigenvalue weighted by atomic mass is 9.90. The number of hydrogen-bond donors (Lipinski definition) is 1. The normalized spacial score (nSPS) is 32.9. The van der Waals surface area contributed by atoms with E-state index >= 15 is 0 Å². The number of nitrogens with one attached hydrogen (secondary N) is 1. The third kappa shape index (κ3) is 3.01. The van der Waals surface area contributed by atoms with Crippen LogP contribution in [-0.2, 0) is 11.3 Å². The Kier molecular flexibility index (Phi) is 3.76. The molecule has 1 spiro atoms. The molecule has 3 aliphatic rings. The Morgan fingerprint density at radius 1 is 1.48 bits per heavy atom. The number of aromatic nitrogens is 2. The second-order valence-electron chi connectivity index (χ2n) is 6.86. The molecule has 2 atom stereocenters. The predicted molar refractivity (Wildman–Crippen MR) is 85.7 cm³/mol. The zero-order valence-corrected chi connectivity index (χ0v) is 13.6. The molecule has 1 aromatic heterocycles. The summed E-state index contributed by atoms with van der Waals surface area (Å²) in [5, 5.41) is 8.40. The quantitative estimate of drug-likeness (QED) is 0.928. The summed E-state index contributed by atoms with van der Waals surface area (Å²) in [6, 6.07) is 1.28. The van der Waals surface area contributed by atoms with E-state index in [9.17, 15) is 0 Å². The molecule has 2 saturated heterocycles. The summed E-state index contributed by atoms with van der Waals surface area (Å²) in [6.45, 7) is 4.00. The minimum atomic E-state index is 0.139. The van der Waals surface area contributed by atoms with Crippen molar-refractivity contribution < 1.29 is 4.74 Å². The van der Waals surface area contributed by atoms with Gasteiger partial charge in [-0.15, -0.1) is 0 Å². The third-order valence-electron chi connectivity index (χ3n) is 5.09. The molecular formula is C16H25N3OS. The number of hydrogen-bond acceptors (Lipinski definition) is 4. The topological polar surface area (TPSA) is 39.1 Å². The van der Waals surface area contributed by atoms with Crippen LogP contribution in [0.5, 0.6) is 0 Å². The summed E-state index contributed by atoms with van der Waals surface area (Å²) in [6.07, 6.45) is 8.40. The molecule has 21 heavy (non-hydrogen) atoms. The summed E-state index contributed by atoms with van der Waals surface area (Å²) >= 11 is 2.04. The summed E-state index contributed by atoms with van der Waals surface area (Å²) in [5.74, 6) is 2.42. The first-order valence-corrected chi connectivity index (χ1v) is 9.39. The fourth-order valence-corrected chi connectivity index (χ4v) is 4.89. The molecule has 3 fully saturated rings. The SMILES string of the molecule is Cc1nn(C2CCOC3(CCSC3)C2)cc1CNC1CC1. The van der Waals surface area contributed by atoms with Gasteiger partial charge >= 0.3 is 0 Å². The van der Waals surface area contributed by atoms with E-state index < -0.39 is 0 Å². The summed E-state index contributed by atoms with van der Waals surface area (Å²) in [4.78, 5) is 0. The van der Waals surface area contributed by atoms with E-state index in [0.717, 1.165) is 32.0 Å². The molecule has 4 nitrogen and oxygen atoms in total. The van der Waals surface area contributed by atoms with E-state index in [2.05, 4.69) is 23.1 Å². The van der Waals surface area contributed by atoms with Gasteiger partial charge < -0.3 is 10.1 Å². The van der Waals surface area contributed by atoms with Crippen LogP contribution >= 0.6 is 11.8 Å². The fraction of sp³-hybridized carbons (Fsp3) is 0.812. The number of nitrogens with zero attached hydrogens (tertiary/aromatic N) is 2. The fourth-order valence-electron chi connectivity index (χ4n) is 3.51.